The van der Waals surface area contributed by atoms with Crippen LogP contribution in [0.5, 0.6) is 0 Å². The van der Waals surface area contributed by atoms with E-state index in [4.69, 9.17) is 0 Å². The molecule has 0 aliphatic rings. The highest BCUT2D eigenvalue weighted by Crippen LogP contribution is 2.19. The first-order valence-corrected chi connectivity index (χ1v) is 8.82. The van der Waals surface area contributed by atoms with Gasteiger partial charge in [0.05, 0.1) is 4.90 Å². The molecule has 3 rings (SSSR count). The van der Waals surface area contributed by atoms with Crippen molar-refractivity contribution in [3.63, 3.8) is 0 Å². The highest BCUT2D eigenvalue weighted by atomic mass is 32.2. The molecule has 0 unspecified atom stereocenters. The van der Waals surface area contributed by atoms with Crippen molar-refractivity contribution in [3.8, 4) is 0 Å². The second-order valence-corrected chi connectivity index (χ2v) is 6.88. The van der Waals surface area contributed by atoms with Crippen LogP contribution < -0.4 is 4.72 Å². The Bertz CT molecular complexity index is 952. The predicted octanol–water partition coefficient (Wildman–Crippen LogP) is 3.72. The molecule has 120 valence electrons. The third-order valence-corrected chi connectivity index (χ3v) is 4.86. The summed E-state index contributed by atoms with van der Waals surface area (Å²) in [6, 6.07) is 23.4. The van der Waals surface area contributed by atoms with Crippen molar-refractivity contribution in [3.05, 3.63) is 96.1 Å². The van der Waals surface area contributed by atoms with Crippen molar-refractivity contribution in [2.75, 3.05) is 4.72 Å². The maximum absolute atomic E-state index is 12.5. The molecular weight excluding hydrogens is 322 g/mol. The number of rotatable bonds is 5. The minimum absolute atomic E-state index is 0.156. The van der Waals surface area contributed by atoms with Crippen LogP contribution in [0, 0.1) is 0 Å². The Morgan fingerprint density at radius 1 is 0.708 bits per heavy atom. The first-order chi connectivity index (χ1) is 11.6. The summed E-state index contributed by atoms with van der Waals surface area (Å²) in [5.74, 6) is -0.156. The molecule has 0 aliphatic heterocycles. The summed E-state index contributed by atoms with van der Waals surface area (Å²) in [6.45, 7) is 0. The number of ketones is 1. The molecule has 0 amide bonds. The van der Waals surface area contributed by atoms with Crippen LogP contribution in [0.4, 0.5) is 5.69 Å². The van der Waals surface area contributed by atoms with Gasteiger partial charge in [-0.3, -0.25) is 9.52 Å². The molecule has 4 nitrogen and oxygen atoms in total. The van der Waals surface area contributed by atoms with Gasteiger partial charge in [0.25, 0.3) is 10.0 Å². The predicted molar refractivity (Wildman–Crippen MR) is 93.6 cm³/mol. The lowest BCUT2D eigenvalue weighted by atomic mass is 10.0. The lowest BCUT2D eigenvalue weighted by molar-refractivity contribution is 0.103. The van der Waals surface area contributed by atoms with Gasteiger partial charge in [0.15, 0.2) is 5.78 Å². The van der Waals surface area contributed by atoms with E-state index in [1.165, 1.54) is 18.2 Å². The standard InChI is InChI=1S/C19H15NO3S/c21-19(15-8-3-1-4-9-15)16-10-7-11-17(14-16)20-24(22,23)18-12-5-2-6-13-18/h1-14,20H. The van der Waals surface area contributed by atoms with Crippen LogP contribution in [-0.4, -0.2) is 14.2 Å². The average molecular weight is 337 g/mol. The highest BCUT2D eigenvalue weighted by molar-refractivity contribution is 7.92. The van der Waals surface area contributed by atoms with E-state index in [0.717, 1.165) is 0 Å². The van der Waals surface area contributed by atoms with Crippen molar-refractivity contribution >= 4 is 21.5 Å². The molecule has 0 saturated heterocycles. The van der Waals surface area contributed by atoms with Gasteiger partial charge in [0.2, 0.25) is 0 Å². The van der Waals surface area contributed by atoms with Gasteiger partial charge in [-0.25, -0.2) is 8.42 Å². The van der Waals surface area contributed by atoms with E-state index in [2.05, 4.69) is 4.72 Å². The van der Waals surface area contributed by atoms with Crippen molar-refractivity contribution in [1.29, 1.82) is 0 Å². The Balaban J connectivity index is 1.88. The summed E-state index contributed by atoms with van der Waals surface area (Å²) in [5, 5.41) is 0. The van der Waals surface area contributed by atoms with Crippen molar-refractivity contribution in [2.45, 2.75) is 4.90 Å². The van der Waals surface area contributed by atoms with Gasteiger partial charge in [-0.15, -0.1) is 0 Å². The molecule has 3 aromatic rings. The topological polar surface area (TPSA) is 63.2 Å². The van der Waals surface area contributed by atoms with Crippen LogP contribution in [-0.2, 0) is 10.0 Å². The summed E-state index contributed by atoms with van der Waals surface area (Å²) >= 11 is 0. The van der Waals surface area contributed by atoms with Crippen LogP contribution in [0.1, 0.15) is 15.9 Å². The van der Waals surface area contributed by atoms with Gasteiger partial charge in [-0.2, -0.15) is 0 Å². The second-order valence-electron chi connectivity index (χ2n) is 5.19. The largest absolute Gasteiger partial charge is 0.289 e. The van der Waals surface area contributed by atoms with Gasteiger partial charge in [0, 0.05) is 16.8 Å². The van der Waals surface area contributed by atoms with Gasteiger partial charge >= 0.3 is 0 Å². The van der Waals surface area contributed by atoms with E-state index in [1.54, 1.807) is 60.7 Å². The lowest BCUT2D eigenvalue weighted by Crippen LogP contribution is -2.13. The van der Waals surface area contributed by atoms with Crippen LogP contribution in [0.15, 0.2) is 89.8 Å². The molecule has 0 aromatic heterocycles. The fraction of sp³-hybridized carbons (Fsp3) is 0. The summed E-state index contributed by atoms with van der Waals surface area (Å²) in [5.41, 5.74) is 1.33. The van der Waals surface area contributed by atoms with Crippen LogP contribution in [0.25, 0.3) is 0 Å². The zero-order chi connectivity index (χ0) is 17.0. The summed E-state index contributed by atoms with van der Waals surface area (Å²) < 4.78 is 27.2. The third kappa shape index (κ3) is 3.52. The van der Waals surface area contributed by atoms with Crippen LogP contribution in [0.2, 0.25) is 0 Å². The Kier molecular flexibility index (Phi) is 4.44. The number of anilines is 1. The normalized spacial score (nSPS) is 11.0. The van der Waals surface area contributed by atoms with E-state index in [0.29, 0.717) is 16.8 Å². The molecule has 0 radical (unpaired) electrons. The van der Waals surface area contributed by atoms with E-state index in [9.17, 15) is 13.2 Å². The SMILES string of the molecule is O=C(c1ccccc1)c1cccc(NS(=O)(=O)c2ccccc2)c1. The van der Waals surface area contributed by atoms with E-state index >= 15 is 0 Å². The molecule has 24 heavy (non-hydrogen) atoms. The molecular formula is C19H15NO3S. The van der Waals surface area contributed by atoms with Crippen molar-refractivity contribution in [1.82, 2.24) is 0 Å². The molecule has 0 spiro atoms. The van der Waals surface area contributed by atoms with Crippen LogP contribution >= 0.6 is 0 Å². The maximum Gasteiger partial charge on any atom is 0.261 e. The Hall–Kier alpha value is -2.92. The monoisotopic (exact) mass is 337 g/mol. The van der Waals surface area contributed by atoms with E-state index in [-0.39, 0.29) is 10.7 Å². The van der Waals surface area contributed by atoms with Crippen LogP contribution in [0.3, 0.4) is 0 Å². The molecule has 0 saturated carbocycles. The fourth-order valence-corrected chi connectivity index (χ4v) is 3.36. The Morgan fingerprint density at radius 2 is 1.29 bits per heavy atom. The molecule has 0 heterocycles. The number of sulfonamides is 1. The second kappa shape index (κ2) is 6.68. The number of hydrogen-bond donors (Lipinski definition) is 1. The van der Waals surface area contributed by atoms with E-state index in [1.807, 2.05) is 6.07 Å². The average Bonchev–Trinajstić information content (AvgIpc) is 2.62. The summed E-state index contributed by atoms with van der Waals surface area (Å²) in [6.07, 6.45) is 0. The quantitative estimate of drug-likeness (QED) is 0.722. The molecule has 0 atom stereocenters. The van der Waals surface area contributed by atoms with Crippen molar-refractivity contribution in [2.24, 2.45) is 0 Å². The van der Waals surface area contributed by atoms with Gasteiger partial charge in [0.1, 0.15) is 0 Å². The zero-order valence-corrected chi connectivity index (χ0v) is 13.5. The fourth-order valence-electron chi connectivity index (χ4n) is 2.29. The highest BCUT2D eigenvalue weighted by Gasteiger charge is 2.15. The summed E-state index contributed by atoms with van der Waals surface area (Å²) in [4.78, 5) is 12.6. The first-order valence-electron chi connectivity index (χ1n) is 7.34. The van der Waals surface area contributed by atoms with Gasteiger partial charge in [-0.1, -0.05) is 60.7 Å². The minimum atomic E-state index is -3.68. The number of benzene rings is 3. The first kappa shape index (κ1) is 16.0. The Labute approximate surface area is 140 Å². The summed E-state index contributed by atoms with van der Waals surface area (Å²) in [7, 11) is -3.68. The molecule has 5 heteroatoms. The van der Waals surface area contributed by atoms with Gasteiger partial charge in [-0.05, 0) is 24.3 Å². The van der Waals surface area contributed by atoms with E-state index < -0.39 is 10.0 Å². The zero-order valence-electron chi connectivity index (χ0n) is 12.7. The number of carbonyl (C=O) groups excluding carboxylic acids is 1. The third-order valence-electron chi connectivity index (χ3n) is 3.47. The maximum atomic E-state index is 12.5. The molecule has 0 aliphatic carbocycles. The number of carbonyl (C=O) groups is 1. The molecule has 1 N–H and O–H groups in total. The molecule has 0 fully saturated rings. The number of hydrogen-bond acceptors (Lipinski definition) is 3. The lowest BCUT2D eigenvalue weighted by Gasteiger charge is -2.09. The van der Waals surface area contributed by atoms with Gasteiger partial charge < -0.3 is 0 Å². The van der Waals surface area contributed by atoms with Crippen molar-refractivity contribution < 1.29 is 13.2 Å². The molecule has 0 bridgehead atoms. The number of nitrogens with one attached hydrogen (secondary N) is 1. The minimum Gasteiger partial charge on any atom is -0.289 e. The molecule has 3 aromatic carbocycles. The smallest absolute Gasteiger partial charge is 0.261 e. The Morgan fingerprint density at radius 3 is 1.96 bits per heavy atom.